The number of allylic oxidation sites excluding steroid dienone is 12. The Morgan fingerprint density at radius 3 is 1.27 bits per heavy atom. The lowest BCUT2D eigenvalue weighted by atomic mass is 10.1. The summed E-state index contributed by atoms with van der Waals surface area (Å²) in [7, 11) is 0. The molecule has 0 unspecified atom stereocenters. The summed E-state index contributed by atoms with van der Waals surface area (Å²) in [5.74, 6) is -0.690. The number of aliphatic hydroxyl groups excluding tert-OH is 1. The third-order valence-electron chi connectivity index (χ3n) is 6.97. The van der Waals surface area contributed by atoms with Crippen LogP contribution in [0.4, 0.5) is 0 Å². The average molecular weight is 613 g/mol. The first kappa shape index (κ1) is 41.3. The Morgan fingerprint density at radius 2 is 0.886 bits per heavy atom. The Labute approximate surface area is 270 Å². The predicted octanol–water partition coefficient (Wildman–Crippen LogP) is 10.6. The summed E-state index contributed by atoms with van der Waals surface area (Å²) in [5, 5.41) is 9.51. The smallest absolute Gasteiger partial charge is 0.306 e. The number of carbonyl (C=O) groups is 2. The molecule has 5 heteroatoms. The number of ether oxygens (including phenoxy) is 2. The zero-order chi connectivity index (χ0) is 32.2. The zero-order valence-electron chi connectivity index (χ0n) is 28.1. The minimum atomic E-state index is -0.808. The first-order chi connectivity index (χ1) is 21.6. The molecule has 0 aromatic rings. The molecule has 0 rings (SSSR count). The molecule has 0 saturated heterocycles. The van der Waals surface area contributed by atoms with Crippen molar-refractivity contribution in [3.63, 3.8) is 0 Å². The van der Waals surface area contributed by atoms with Crippen LogP contribution in [0.2, 0.25) is 0 Å². The van der Waals surface area contributed by atoms with E-state index in [4.69, 9.17) is 9.47 Å². The molecule has 0 radical (unpaired) electrons. The third-order valence-corrected chi connectivity index (χ3v) is 6.97. The van der Waals surface area contributed by atoms with E-state index in [1.807, 2.05) is 0 Å². The Kier molecular flexibility index (Phi) is 32.7. The largest absolute Gasteiger partial charge is 0.462 e. The van der Waals surface area contributed by atoms with Crippen LogP contribution in [0, 0.1) is 0 Å². The van der Waals surface area contributed by atoms with E-state index in [9.17, 15) is 14.7 Å². The van der Waals surface area contributed by atoms with Crippen molar-refractivity contribution in [3.8, 4) is 0 Å². The van der Waals surface area contributed by atoms with Crippen molar-refractivity contribution in [1.29, 1.82) is 0 Å². The summed E-state index contributed by atoms with van der Waals surface area (Å²) in [4.78, 5) is 24.1. The van der Waals surface area contributed by atoms with Crippen LogP contribution >= 0.6 is 0 Å². The topological polar surface area (TPSA) is 72.8 Å². The van der Waals surface area contributed by atoms with E-state index in [0.29, 0.717) is 12.8 Å². The lowest BCUT2D eigenvalue weighted by Crippen LogP contribution is -2.28. The van der Waals surface area contributed by atoms with E-state index >= 15 is 0 Å². The molecular formula is C39H64O5. The summed E-state index contributed by atoms with van der Waals surface area (Å²) in [6.45, 7) is 3.98. The van der Waals surface area contributed by atoms with Crippen molar-refractivity contribution in [2.75, 3.05) is 13.2 Å². The number of esters is 2. The van der Waals surface area contributed by atoms with E-state index in [1.54, 1.807) is 0 Å². The van der Waals surface area contributed by atoms with Gasteiger partial charge in [0.2, 0.25) is 0 Å². The molecule has 0 amide bonds. The summed E-state index contributed by atoms with van der Waals surface area (Å²) in [5.41, 5.74) is 0. The first-order valence-electron chi connectivity index (χ1n) is 17.5. The maximum Gasteiger partial charge on any atom is 0.306 e. The molecule has 250 valence electrons. The second kappa shape index (κ2) is 34.8. The Bertz CT molecular complexity index is 833. The molecule has 44 heavy (non-hydrogen) atoms. The highest BCUT2D eigenvalue weighted by molar-refractivity contribution is 5.70. The van der Waals surface area contributed by atoms with Crippen LogP contribution in [0.15, 0.2) is 72.9 Å². The monoisotopic (exact) mass is 612 g/mol. The van der Waals surface area contributed by atoms with Crippen LogP contribution in [0.5, 0.6) is 0 Å². The third kappa shape index (κ3) is 32.3. The van der Waals surface area contributed by atoms with Gasteiger partial charge in [0.15, 0.2) is 6.10 Å². The van der Waals surface area contributed by atoms with Gasteiger partial charge in [-0.3, -0.25) is 9.59 Å². The van der Waals surface area contributed by atoms with Crippen molar-refractivity contribution in [2.24, 2.45) is 0 Å². The molecule has 5 nitrogen and oxygen atoms in total. The van der Waals surface area contributed by atoms with Crippen molar-refractivity contribution in [2.45, 2.75) is 148 Å². The van der Waals surface area contributed by atoms with E-state index < -0.39 is 6.10 Å². The van der Waals surface area contributed by atoms with Crippen LogP contribution in [0.25, 0.3) is 0 Å². The lowest BCUT2D eigenvalue weighted by Gasteiger charge is -2.15. The normalized spacial score (nSPS) is 13.1. The van der Waals surface area contributed by atoms with E-state index in [1.165, 1.54) is 51.4 Å². The van der Waals surface area contributed by atoms with Crippen molar-refractivity contribution in [3.05, 3.63) is 72.9 Å². The van der Waals surface area contributed by atoms with Gasteiger partial charge >= 0.3 is 11.9 Å². The van der Waals surface area contributed by atoms with Crippen LogP contribution in [-0.2, 0) is 19.1 Å². The van der Waals surface area contributed by atoms with Gasteiger partial charge < -0.3 is 14.6 Å². The van der Waals surface area contributed by atoms with Gasteiger partial charge in [-0.1, -0.05) is 112 Å². The van der Waals surface area contributed by atoms with Gasteiger partial charge in [0, 0.05) is 12.8 Å². The van der Waals surface area contributed by atoms with Crippen LogP contribution in [-0.4, -0.2) is 36.4 Å². The summed E-state index contributed by atoms with van der Waals surface area (Å²) in [6, 6.07) is 0. The quantitative estimate of drug-likeness (QED) is 0.0496. The molecule has 0 aliphatic heterocycles. The highest BCUT2D eigenvalue weighted by Gasteiger charge is 2.15. The van der Waals surface area contributed by atoms with E-state index in [-0.39, 0.29) is 25.2 Å². The molecule has 0 aromatic heterocycles. The van der Waals surface area contributed by atoms with E-state index in [0.717, 1.165) is 64.2 Å². The highest BCUT2D eigenvalue weighted by atomic mass is 16.6. The van der Waals surface area contributed by atoms with E-state index in [2.05, 4.69) is 86.8 Å². The molecule has 0 spiro atoms. The second-order valence-corrected chi connectivity index (χ2v) is 11.2. The minimum absolute atomic E-state index is 0.105. The molecule has 0 aliphatic carbocycles. The summed E-state index contributed by atoms with van der Waals surface area (Å²) >= 11 is 0. The molecular weight excluding hydrogens is 548 g/mol. The SMILES string of the molecule is CCCCC/C=C\C/C=C\C/C=C\CCCCC(=O)OC[C@H](CO)OC(=O)CCCC/C=C\C/C=C\C/C=C\CCCCC. The molecule has 1 atom stereocenters. The average Bonchev–Trinajstić information content (AvgIpc) is 3.02. The maximum absolute atomic E-state index is 12.1. The van der Waals surface area contributed by atoms with Gasteiger partial charge in [-0.15, -0.1) is 0 Å². The lowest BCUT2D eigenvalue weighted by molar-refractivity contribution is -0.161. The van der Waals surface area contributed by atoms with Gasteiger partial charge in [0.1, 0.15) is 6.61 Å². The van der Waals surface area contributed by atoms with Gasteiger partial charge in [0.25, 0.3) is 0 Å². The van der Waals surface area contributed by atoms with Crippen LogP contribution in [0.1, 0.15) is 142 Å². The molecule has 0 bridgehead atoms. The number of rotatable bonds is 30. The summed E-state index contributed by atoms with van der Waals surface area (Å²) < 4.78 is 10.5. The van der Waals surface area contributed by atoms with Gasteiger partial charge in [0.05, 0.1) is 6.61 Å². The molecule has 1 N–H and O–H groups in total. The van der Waals surface area contributed by atoms with Crippen molar-refractivity contribution < 1.29 is 24.2 Å². The Hall–Kier alpha value is -2.66. The fraction of sp³-hybridized carbons (Fsp3) is 0.641. The van der Waals surface area contributed by atoms with Gasteiger partial charge in [-0.25, -0.2) is 0 Å². The van der Waals surface area contributed by atoms with Crippen molar-refractivity contribution >= 4 is 11.9 Å². The first-order valence-corrected chi connectivity index (χ1v) is 17.5. The van der Waals surface area contributed by atoms with Gasteiger partial charge in [-0.05, 0) is 89.9 Å². The second-order valence-electron chi connectivity index (χ2n) is 11.2. The minimum Gasteiger partial charge on any atom is -0.462 e. The number of unbranched alkanes of at least 4 members (excludes halogenated alkanes) is 10. The molecule has 0 saturated carbocycles. The standard InChI is InChI=1S/C39H64O5/c1-3-5-7-9-11-13-15-17-19-21-23-25-27-29-31-33-38(41)43-36-37(35-40)44-39(42)34-32-30-28-26-24-22-20-18-16-14-12-10-8-6-4-2/h11-14,17-20,23-26,37,40H,3-10,15-16,21-22,27-36H2,1-2H3/b13-11-,14-12-,19-17-,20-18-,25-23-,26-24-/t37-/m0/s1. The summed E-state index contributed by atoms with van der Waals surface area (Å²) in [6.07, 6.45) is 45.2. The van der Waals surface area contributed by atoms with Crippen molar-refractivity contribution in [1.82, 2.24) is 0 Å². The number of hydrogen-bond donors (Lipinski definition) is 1. The fourth-order valence-corrected chi connectivity index (χ4v) is 4.27. The number of hydrogen-bond acceptors (Lipinski definition) is 5. The predicted molar refractivity (Wildman–Crippen MR) is 186 cm³/mol. The molecule has 0 aromatic carbocycles. The Morgan fingerprint density at radius 1 is 0.523 bits per heavy atom. The molecule has 0 aliphatic rings. The van der Waals surface area contributed by atoms with Gasteiger partial charge in [-0.2, -0.15) is 0 Å². The van der Waals surface area contributed by atoms with Crippen LogP contribution in [0.3, 0.4) is 0 Å². The number of carbonyl (C=O) groups excluding carboxylic acids is 2. The zero-order valence-corrected chi connectivity index (χ0v) is 28.1. The highest BCUT2D eigenvalue weighted by Crippen LogP contribution is 2.08. The maximum atomic E-state index is 12.1. The number of aliphatic hydroxyl groups is 1. The molecule has 0 heterocycles. The van der Waals surface area contributed by atoms with Crippen LogP contribution < -0.4 is 0 Å². The Balaban J connectivity index is 3.76. The fourth-order valence-electron chi connectivity index (χ4n) is 4.27. The molecule has 0 fully saturated rings.